The molecule has 1 aromatic carbocycles. The maximum atomic E-state index is 12.0. The van der Waals surface area contributed by atoms with Crippen molar-refractivity contribution in [2.75, 3.05) is 13.1 Å². The van der Waals surface area contributed by atoms with Crippen molar-refractivity contribution >= 4 is 33.8 Å². The van der Waals surface area contributed by atoms with E-state index >= 15 is 0 Å². The van der Waals surface area contributed by atoms with E-state index in [2.05, 4.69) is 4.72 Å². The molecule has 5 nitrogen and oxygen atoms in total. The number of benzene rings is 1. The molecule has 21 heavy (non-hydrogen) atoms. The van der Waals surface area contributed by atoms with Crippen LogP contribution < -0.4 is 4.72 Å². The zero-order valence-corrected chi connectivity index (χ0v) is 13.0. The minimum Gasteiger partial charge on any atom is -0.269 e. The quantitative estimate of drug-likeness (QED) is 0.862. The highest BCUT2D eigenvalue weighted by molar-refractivity contribution is 7.87. The Morgan fingerprint density at radius 1 is 1.14 bits per heavy atom. The second-order valence-electron chi connectivity index (χ2n) is 4.82. The molecule has 0 aromatic heterocycles. The van der Waals surface area contributed by atoms with Crippen molar-refractivity contribution < 1.29 is 13.2 Å². The number of piperidine rings is 1. The van der Waals surface area contributed by atoms with Crippen LogP contribution in [-0.2, 0) is 15.0 Å². The Morgan fingerprint density at radius 3 is 2.38 bits per heavy atom. The average molecular weight is 329 g/mol. The Labute approximate surface area is 129 Å². The average Bonchev–Trinajstić information content (AvgIpc) is 2.47. The summed E-state index contributed by atoms with van der Waals surface area (Å²) in [6, 6.07) is 6.88. The zero-order chi connectivity index (χ0) is 15.3. The number of carbonyl (C=O) groups is 1. The van der Waals surface area contributed by atoms with E-state index in [1.807, 2.05) is 0 Å². The highest BCUT2D eigenvalue weighted by atomic mass is 35.5. The van der Waals surface area contributed by atoms with E-state index in [4.69, 9.17) is 11.6 Å². The molecule has 1 heterocycles. The largest absolute Gasteiger partial charge is 0.304 e. The molecule has 0 atom stereocenters. The predicted molar refractivity (Wildman–Crippen MR) is 83.0 cm³/mol. The van der Waals surface area contributed by atoms with Crippen LogP contribution in [0, 0.1) is 0 Å². The van der Waals surface area contributed by atoms with Crippen LogP contribution in [0.4, 0.5) is 0 Å². The second kappa shape index (κ2) is 7.06. The minimum atomic E-state index is -3.73. The molecular formula is C14H17ClN2O3S. The normalized spacial score (nSPS) is 17.0. The fourth-order valence-corrected chi connectivity index (χ4v) is 3.39. The summed E-state index contributed by atoms with van der Waals surface area (Å²) in [6.07, 6.45) is 5.42. The lowest BCUT2D eigenvalue weighted by atomic mass is 10.2. The SMILES string of the molecule is O=C(/C=C/c1ccc(Cl)cc1)NS(=O)(=O)N1CCCCC1. The van der Waals surface area contributed by atoms with E-state index in [1.165, 1.54) is 16.5 Å². The standard InChI is InChI=1S/C14H17ClN2O3S/c15-13-7-4-12(5-8-13)6-9-14(18)16-21(19,20)17-10-2-1-3-11-17/h4-9H,1-3,10-11H2,(H,16,18)/b9-6+. The van der Waals surface area contributed by atoms with Gasteiger partial charge in [-0.15, -0.1) is 0 Å². The molecule has 1 saturated heterocycles. The fraction of sp³-hybridized carbons (Fsp3) is 0.357. The molecule has 0 unspecified atom stereocenters. The number of carbonyl (C=O) groups excluding carboxylic acids is 1. The summed E-state index contributed by atoms with van der Waals surface area (Å²) in [6.45, 7) is 0.924. The van der Waals surface area contributed by atoms with E-state index in [0.29, 0.717) is 18.1 Å². The molecule has 1 aliphatic heterocycles. The predicted octanol–water partition coefficient (Wildman–Crippen LogP) is 2.20. The molecule has 0 saturated carbocycles. The first kappa shape index (κ1) is 16.0. The molecular weight excluding hydrogens is 312 g/mol. The summed E-state index contributed by atoms with van der Waals surface area (Å²) in [5.74, 6) is -0.657. The third-order valence-electron chi connectivity index (χ3n) is 3.18. The maximum absolute atomic E-state index is 12.0. The summed E-state index contributed by atoms with van der Waals surface area (Å²) in [4.78, 5) is 11.7. The van der Waals surface area contributed by atoms with Crippen LogP contribution in [0.1, 0.15) is 24.8 Å². The molecule has 1 fully saturated rings. The molecule has 1 amide bonds. The summed E-state index contributed by atoms with van der Waals surface area (Å²) in [7, 11) is -3.73. The van der Waals surface area contributed by atoms with E-state index in [1.54, 1.807) is 24.3 Å². The van der Waals surface area contributed by atoms with Gasteiger partial charge in [0.2, 0.25) is 0 Å². The number of nitrogens with one attached hydrogen (secondary N) is 1. The van der Waals surface area contributed by atoms with Crippen molar-refractivity contribution in [2.24, 2.45) is 0 Å². The molecule has 0 bridgehead atoms. The Kier molecular flexibility index (Phi) is 5.39. The van der Waals surface area contributed by atoms with Gasteiger partial charge in [-0.25, -0.2) is 4.72 Å². The van der Waals surface area contributed by atoms with Gasteiger partial charge in [-0.2, -0.15) is 12.7 Å². The van der Waals surface area contributed by atoms with Gasteiger partial charge in [-0.05, 0) is 36.6 Å². The van der Waals surface area contributed by atoms with E-state index in [-0.39, 0.29) is 0 Å². The first-order chi connectivity index (χ1) is 9.97. The van der Waals surface area contributed by atoms with Crippen molar-refractivity contribution in [1.29, 1.82) is 0 Å². The van der Waals surface area contributed by atoms with Crippen molar-refractivity contribution in [3.8, 4) is 0 Å². The smallest absolute Gasteiger partial charge is 0.269 e. The third-order valence-corrected chi connectivity index (χ3v) is 4.94. The van der Waals surface area contributed by atoms with Gasteiger partial charge < -0.3 is 0 Å². The first-order valence-corrected chi connectivity index (χ1v) is 8.55. The summed E-state index contributed by atoms with van der Waals surface area (Å²) < 4.78 is 27.4. The van der Waals surface area contributed by atoms with Gasteiger partial charge >= 0.3 is 10.2 Å². The number of halogens is 1. The fourth-order valence-electron chi connectivity index (χ4n) is 2.08. The van der Waals surface area contributed by atoms with Crippen molar-refractivity contribution in [2.45, 2.75) is 19.3 Å². The second-order valence-corrected chi connectivity index (χ2v) is 6.92. The summed E-state index contributed by atoms with van der Waals surface area (Å²) >= 11 is 5.76. The monoisotopic (exact) mass is 328 g/mol. The molecule has 0 aliphatic carbocycles. The van der Waals surface area contributed by atoms with Crippen LogP contribution in [0.5, 0.6) is 0 Å². The van der Waals surface area contributed by atoms with Crippen molar-refractivity contribution in [3.05, 3.63) is 40.9 Å². The lowest BCUT2D eigenvalue weighted by Gasteiger charge is -2.25. The zero-order valence-electron chi connectivity index (χ0n) is 11.5. The lowest BCUT2D eigenvalue weighted by Crippen LogP contribution is -2.45. The van der Waals surface area contributed by atoms with Gasteiger partial charge in [0.05, 0.1) is 0 Å². The van der Waals surface area contributed by atoms with E-state index < -0.39 is 16.1 Å². The van der Waals surface area contributed by atoms with Crippen molar-refractivity contribution in [3.63, 3.8) is 0 Å². The Morgan fingerprint density at radius 2 is 1.76 bits per heavy atom. The minimum absolute atomic E-state index is 0.462. The molecule has 1 N–H and O–H groups in total. The number of hydrogen-bond acceptors (Lipinski definition) is 3. The maximum Gasteiger partial charge on any atom is 0.304 e. The van der Waals surface area contributed by atoms with Crippen LogP contribution in [-0.4, -0.2) is 31.7 Å². The van der Waals surface area contributed by atoms with Crippen LogP contribution in [0.25, 0.3) is 6.08 Å². The molecule has 7 heteroatoms. The number of nitrogens with zero attached hydrogens (tertiary/aromatic N) is 1. The van der Waals surface area contributed by atoms with E-state index in [9.17, 15) is 13.2 Å². The van der Waals surface area contributed by atoms with Gasteiger partial charge in [0, 0.05) is 24.2 Å². The number of hydrogen-bond donors (Lipinski definition) is 1. The highest BCUT2D eigenvalue weighted by Gasteiger charge is 2.24. The van der Waals surface area contributed by atoms with E-state index in [0.717, 1.165) is 24.8 Å². The van der Waals surface area contributed by atoms with Crippen LogP contribution in [0.2, 0.25) is 5.02 Å². The lowest BCUT2D eigenvalue weighted by molar-refractivity contribution is -0.114. The molecule has 1 aromatic rings. The summed E-state index contributed by atoms with van der Waals surface area (Å²) in [5.41, 5.74) is 0.768. The Balaban J connectivity index is 1.95. The van der Waals surface area contributed by atoms with Crippen molar-refractivity contribution in [1.82, 2.24) is 9.03 Å². The molecule has 0 radical (unpaired) electrons. The first-order valence-electron chi connectivity index (χ1n) is 6.73. The van der Waals surface area contributed by atoms with Gasteiger partial charge in [0.15, 0.2) is 0 Å². The Hall–Kier alpha value is -1.37. The van der Waals surface area contributed by atoms with Crippen LogP contribution in [0.3, 0.4) is 0 Å². The van der Waals surface area contributed by atoms with Gasteiger partial charge in [-0.1, -0.05) is 30.2 Å². The van der Waals surface area contributed by atoms with Gasteiger partial charge in [0.1, 0.15) is 0 Å². The van der Waals surface area contributed by atoms with Gasteiger partial charge in [0.25, 0.3) is 5.91 Å². The third kappa shape index (κ3) is 4.84. The number of amides is 1. The van der Waals surface area contributed by atoms with Gasteiger partial charge in [-0.3, -0.25) is 4.79 Å². The highest BCUT2D eigenvalue weighted by Crippen LogP contribution is 2.12. The molecule has 2 rings (SSSR count). The molecule has 0 spiro atoms. The Bertz CT molecular complexity index is 620. The van der Waals surface area contributed by atoms with Crippen LogP contribution in [0.15, 0.2) is 30.3 Å². The summed E-state index contributed by atoms with van der Waals surface area (Å²) in [5, 5.41) is 0.601. The molecule has 1 aliphatic rings. The molecule has 114 valence electrons. The van der Waals surface area contributed by atoms with Crippen LogP contribution >= 0.6 is 11.6 Å². The number of rotatable bonds is 4. The topological polar surface area (TPSA) is 66.5 Å².